The zero-order chi connectivity index (χ0) is 10.4. The Morgan fingerprint density at radius 1 is 1.43 bits per heavy atom. The molecule has 4 nitrogen and oxygen atoms in total. The zero-order valence-corrected chi connectivity index (χ0v) is 9.03. The fraction of sp³-hybridized carbons (Fsp3) is 1.00. The minimum Gasteiger partial charge on any atom is -0.389 e. The highest BCUT2D eigenvalue weighted by Gasteiger charge is 2.24. The quantitative estimate of drug-likeness (QED) is 0.645. The van der Waals surface area contributed by atoms with Crippen molar-refractivity contribution in [3.8, 4) is 0 Å². The summed E-state index contributed by atoms with van der Waals surface area (Å²) in [4.78, 5) is 0. The molecule has 4 heteroatoms. The van der Waals surface area contributed by atoms with Gasteiger partial charge >= 0.3 is 0 Å². The molecule has 1 aliphatic carbocycles. The van der Waals surface area contributed by atoms with Crippen LogP contribution in [0.15, 0.2) is 0 Å². The molecule has 0 amide bonds. The minimum atomic E-state index is -0.401. The third-order valence-corrected chi connectivity index (χ3v) is 2.72. The molecular weight excluding hydrogens is 182 g/mol. The van der Waals surface area contributed by atoms with Crippen molar-refractivity contribution >= 4 is 0 Å². The Morgan fingerprint density at radius 3 is 2.79 bits per heavy atom. The van der Waals surface area contributed by atoms with Gasteiger partial charge < -0.3 is 19.9 Å². The van der Waals surface area contributed by atoms with Gasteiger partial charge in [0, 0.05) is 26.8 Å². The van der Waals surface area contributed by atoms with Gasteiger partial charge in [-0.2, -0.15) is 0 Å². The molecule has 3 atom stereocenters. The largest absolute Gasteiger partial charge is 0.389 e. The number of hydrogen-bond donors (Lipinski definition) is 2. The minimum absolute atomic E-state index is 0.395. The van der Waals surface area contributed by atoms with Crippen LogP contribution >= 0.6 is 0 Å². The van der Waals surface area contributed by atoms with Crippen LogP contribution in [0.1, 0.15) is 19.3 Å². The topological polar surface area (TPSA) is 50.7 Å². The molecule has 0 aromatic carbocycles. The molecule has 0 bridgehead atoms. The summed E-state index contributed by atoms with van der Waals surface area (Å²) in [6, 6.07) is 0.492. The summed E-state index contributed by atoms with van der Waals surface area (Å²) < 4.78 is 10.1. The van der Waals surface area contributed by atoms with Gasteiger partial charge in [0.05, 0.1) is 18.8 Å². The van der Waals surface area contributed by atoms with Gasteiger partial charge in [-0.15, -0.1) is 0 Å². The van der Waals surface area contributed by atoms with Crippen molar-refractivity contribution < 1.29 is 14.6 Å². The lowest BCUT2D eigenvalue weighted by Crippen LogP contribution is -2.36. The molecule has 0 aromatic rings. The van der Waals surface area contributed by atoms with E-state index in [-0.39, 0.29) is 0 Å². The normalized spacial score (nSPS) is 29.4. The van der Waals surface area contributed by atoms with Crippen molar-refractivity contribution in [1.29, 1.82) is 0 Å². The standard InChI is InChI=1S/C10H21NO3/c1-13-7-9(12)6-11-8-3-4-10(5-8)14-2/h8-12H,3-7H2,1-2H3. The fourth-order valence-corrected chi connectivity index (χ4v) is 1.89. The van der Waals surface area contributed by atoms with Crippen molar-refractivity contribution in [3.05, 3.63) is 0 Å². The number of rotatable bonds is 6. The van der Waals surface area contributed by atoms with Crippen LogP contribution in [0.25, 0.3) is 0 Å². The lowest BCUT2D eigenvalue weighted by Gasteiger charge is -2.15. The van der Waals surface area contributed by atoms with E-state index >= 15 is 0 Å². The molecule has 1 aliphatic rings. The van der Waals surface area contributed by atoms with E-state index in [9.17, 15) is 5.11 Å². The fourth-order valence-electron chi connectivity index (χ4n) is 1.89. The Kier molecular flexibility index (Phi) is 5.40. The molecule has 0 aliphatic heterocycles. The lowest BCUT2D eigenvalue weighted by molar-refractivity contribution is 0.0618. The Hall–Kier alpha value is -0.160. The van der Waals surface area contributed by atoms with Gasteiger partial charge in [0.15, 0.2) is 0 Å². The first-order valence-electron chi connectivity index (χ1n) is 5.19. The number of hydrogen-bond acceptors (Lipinski definition) is 4. The second-order valence-electron chi connectivity index (χ2n) is 3.89. The van der Waals surface area contributed by atoms with Gasteiger partial charge in [-0.25, -0.2) is 0 Å². The Labute approximate surface area is 85.6 Å². The molecule has 14 heavy (non-hydrogen) atoms. The second-order valence-corrected chi connectivity index (χ2v) is 3.89. The summed E-state index contributed by atoms with van der Waals surface area (Å²) in [7, 11) is 3.35. The maximum atomic E-state index is 9.41. The van der Waals surface area contributed by atoms with E-state index in [2.05, 4.69) is 5.32 Å². The van der Waals surface area contributed by atoms with Gasteiger partial charge in [0.25, 0.3) is 0 Å². The van der Waals surface area contributed by atoms with E-state index in [0.29, 0.717) is 25.3 Å². The van der Waals surface area contributed by atoms with E-state index in [0.717, 1.165) is 19.3 Å². The van der Waals surface area contributed by atoms with Gasteiger partial charge in [0.2, 0.25) is 0 Å². The van der Waals surface area contributed by atoms with Crippen LogP contribution in [0.4, 0.5) is 0 Å². The van der Waals surface area contributed by atoms with Crippen LogP contribution in [0.2, 0.25) is 0 Å². The molecule has 1 fully saturated rings. The first-order valence-corrected chi connectivity index (χ1v) is 5.19. The Balaban J connectivity index is 2.07. The number of ether oxygens (including phenoxy) is 2. The lowest BCUT2D eigenvalue weighted by atomic mass is 10.2. The number of methoxy groups -OCH3 is 2. The molecule has 0 heterocycles. The van der Waals surface area contributed by atoms with Crippen molar-refractivity contribution in [3.63, 3.8) is 0 Å². The first-order chi connectivity index (χ1) is 6.76. The summed E-state index contributed by atoms with van der Waals surface area (Å²) in [5, 5.41) is 12.7. The molecule has 2 N–H and O–H groups in total. The monoisotopic (exact) mass is 203 g/mol. The summed E-state index contributed by atoms with van der Waals surface area (Å²) in [6.45, 7) is 1.00. The van der Waals surface area contributed by atoms with E-state index in [1.807, 2.05) is 0 Å². The maximum Gasteiger partial charge on any atom is 0.0897 e. The molecule has 0 radical (unpaired) electrons. The molecule has 0 saturated heterocycles. The number of nitrogens with one attached hydrogen (secondary N) is 1. The smallest absolute Gasteiger partial charge is 0.0897 e. The predicted octanol–water partition coefficient (Wildman–Crippen LogP) is 0.151. The number of aliphatic hydroxyl groups excluding tert-OH is 1. The van der Waals surface area contributed by atoms with E-state index < -0.39 is 6.10 Å². The SMILES string of the molecule is COCC(O)CNC1CCC(OC)C1. The van der Waals surface area contributed by atoms with Crippen LogP contribution in [-0.4, -0.2) is 50.7 Å². The Bertz CT molecular complexity index is 154. The van der Waals surface area contributed by atoms with Crippen molar-refractivity contribution in [2.24, 2.45) is 0 Å². The average Bonchev–Trinajstić information content (AvgIpc) is 2.63. The Morgan fingerprint density at radius 2 is 2.21 bits per heavy atom. The van der Waals surface area contributed by atoms with Crippen molar-refractivity contribution in [2.75, 3.05) is 27.4 Å². The van der Waals surface area contributed by atoms with Crippen molar-refractivity contribution in [1.82, 2.24) is 5.32 Å². The summed E-state index contributed by atoms with van der Waals surface area (Å²) in [5.41, 5.74) is 0. The highest BCUT2D eigenvalue weighted by atomic mass is 16.5. The maximum absolute atomic E-state index is 9.41. The van der Waals surface area contributed by atoms with Gasteiger partial charge in [-0.1, -0.05) is 0 Å². The van der Waals surface area contributed by atoms with Gasteiger partial charge in [-0.3, -0.25) is 0 Å². The molecule has 0 aromatic heterocycles. The molecule has 1 rings (SSSR count). The number of aliphatic hydroxyl groups is 1. The van der Waals surface area contributed by atoms with Crippen molar-refractivity contribution in [2.45, 2.75) is 37.5 Å². The zero-order valence-electron chi connectivity index (χ0n) is 9.03. The first kappa shape index (κ1) is 11.9. The second kappa shape index (κ2) is 6.35. The third kappa shape index (κ3) is 3.92. The molecule has 0 spiro atoms. The van der Waals surface area contributed by atoms with E-state index in [1.165, 1.54) is 0 Å². The van der Waals surface area contributed by atoms with Crippen LogP contribution < -0.4 is 5.32 Å². The molecule has 1 saturated carbocycles. The summed E-state index contributed by atoms with van der Waals surface area (Å²) in [6.07, 6.45) is 3.30. The molecule has 84 valence electrons. The van der Waals surface area contributed by atoms with Crippen LogP contribution in [0.5, 0.6) is 0 Å². The average molecular weight is 203 g/mol. The van der Waals surface area contributed by atoms with Crippen LogP contribution in [0.3, 0.4) is 0 Å². The molecular formula is C10H21NO3. The van der Waals surface area contributed by atoms with Gasteiger partial charge in [-0.05, 0) is 19.3 Å². The third-order valence-electron chi connectivity index (χ3n) is 2.72. The molecule has 3 unspecified atom stereocenters. The van der Waals surface area contributed by atoms with E-state index in [1.54, 1.807) is 14.2 Å². The summed E-state index contributed by atoms with van der Waals surface area (Å²) in [5.74, 6) is 0. The highest BCUT2D eigenvalue weighted by Crippen LogP contribution is 2.21. The summed E-state index contributed by atoms with van der Waals surface area (Å²) >= 11 is 0. The predicted molar refractivity (Wildman–Crippen MR) is 54.3 cm³/mol. The van der Waals surface area contributed by atoms with Crippen LogP contribution in [0, 0.1) is 0 Å². The highest BCUT2D eigenvalue weighted by molar-refractivity contribution is 4.81. The van der Waals surface area contributed by atoms with E-state index in [4.69, 9.17) is 9.47 Å². The van der Waals surface area contributed by atoms with Crippen LogP contribution in [-0.2, 0) is 9.47 Å². The van der Waals surface area contributed by atoms with Gasteiger partial charge in [0.1, 0.15) is 0 Å².